The van der Waals surface area contributed by atoms with E-state index < -0.39 is 5.91 Å². The van der Waals surface area contributed by atoms with Gasteiger partial charge in [-0.3, -0.25) is 14.6 Å². The van der Waals surface area contributed by atoms with Gasteiger partial charge < -0.3 is 10.6 Å². The van der Waals surface area contributed by atoms with Crippen LogP contribution in [0.15, 0.2) is 66.9 Å². The Bertz CT molecular complexity index is 974. The molecule has 1 aromatic heterocycles. The molecule has 2 amide bonds. The van der Waals surface area contributed by atoms with Crippen molar-refractivity contribution in [1.82, 2.24) is 10.3 Å². The molecule has 0 aliphatic heterocycles. The summed E-state index contributed by atoms with van der Waals surface area (Å²) in [5.74, 6) is -0.674. The Kier molecular flexibility index (Phi) is 5.84. The maximum atomic E-state index is 12.5. The van der Waals surface area contributed by atoms with Crippen molar-refractivity contribution in [1.29, 1.82) is 0 Å². The molecule has 6 heteroatoms. The quantitative estimate of drug-likeness (QED) is 0.697. The lowest BCUT2D eigenvalue weighted by atomic mass is 10.1. The van der Waals surface area contributed by atoms with Crippen molar-refractivity contribution >= 4 is 29.1 Å². The average Bonchev–Trinajstić information content (AvgIpc) is 2.69. The zero-order valence-electron chi connectivity index (χ0n) is 14.7. The average molecular weight is 380 g/mol. The predicted octanol–water partition coefficient (Wildman–Crippen LogP) is 4.23. The van der Waals surface area contributed by atoms with Crippen LogP contribution in [0.3, 0.4) is 0 Å². The molecule has 0 aliphatic carbocycles. The number of hydrogen-bond acceptors (Lipinski definition) is 3. The van der Waals surface area contributed by atoms with Crippen molar-refractivity contribution < 1.29 is 9.59 Å². The molecule has 27 heavy (non-hydrogen) atoms. The molecule has 0 fully saturated rings. The largest absolute Gasteiger partial charge is 0.348 e. The third-order valence-corrected chi connectivity index (χ3v) is 4.23. The molecule has 2 aromatic carbocycles. The van der Waals surface area contributed by atoms with Gasteiger partial charge in [0.2, 0.25) is 0 Å². The van der Waals surface area contributed by atoms with Crippen LogP contribution < -0.4 is 10.6 Å². The highest BCUT2D eigenvalue weighted by atomic mass is 35.5. The number of hydrogen-bond donors (Lipinski definition) is 2. The molecule has 0 saturated heterocycles. The maximum absolute atomic E-state index is 12.5. The Morgan fingerprint density at radius 1 is 1.00 bits per heavy atom. The van der Waals surface area contributed by atoms with Gasteiger partial charge in [0.15, 0.2) is 0 Å². The minimum Gasteiger partial charge on any atom is -0.348 e. The first-order chi connectivity index (χ1) is 13.0. The Labute approximate surface area is 162 Å². The molecular weight excluding hydrogens is 362 g/mol. The molecule has 0 unspecified atom stereocenters. The van der Waals surface area contributed by atoms with Gasteiger partial charge in [0.1, 0.15) is 5.69 Å². The van der Waals surface area contributed by atoms with E-state index in [-0.39, 0.29) is 11.6 Å². The van der Waals surface area contributed by atoms with Crippen molar-refractivity contribution in [3.8, 4) is 0 Å². The number of carbonyl (C=O) groups is 2. The molecule has 1 heterocycles. The first-order valence-electron chi connectivity index (χ1n) is 8.38. The number of nitrogens with one attached hydrogen (secondary N) is 2. The highest BCUT2D eigenvalue weighted by Crippen LogP contribution is 2.20. The lowest BCUT2D eigenvalue weighted by Crippen LogP contribution is -2.23. The van der Waals surface area contributed by atoms with Gasteiger partial charge in [-0.05, 0) is 42.3 Å². The van der Waals surface area contributed by atoms with Gasteiger partial charge in [-0.25, -0.2) is 0 Å². The van der Waals surface area contributed by atoms with E-state index >= 15 is 0 Å². The van der Waals surface area contributed by atoms with Gasteiger partial charge in [-0.15, -0.1) is 0 Å². The molecule has 5 nitrogen and oxygen atoms in total. The number of halogens is 1. The maximum Gasteiger partial charge on any atom is 0.274 e. The zero-order chi connectivity index (χ0) is 19.2. The smallest absolute Gasteiger partial charge is 0.274 e. The fraction of sp³-hybridized carbons (Fsp3) is 0.0952. The third kappa shape index (κ3) is 4.92. The van der Waals surface area contributed by atoms with E-state index in [0.29, 0.717) is 22.8 Å². The van der Waals surface area contributed by atoms with Crippen LogP contribution in [0, 0.1) is 6.92 Å². The summed E-state index contributed by atoms with van der Waals surface area (Å²) in [6, 6.07) is 17.9. The second-order valence-electron chi connectivity index (χ2n) is 6.01. The molecule has 0 bridgehead atoms. The molecule has 0 atom stereocenters. The Balaban J connectivity index is 1.69. The van der Waals surface area contributed by atoms with Crippen molar-refractivity contribution in [3.05, 3.63) is 94.3 Å². The lowest BCUT2D eigenvalue weighted by molar-refractivity contribution is 0.0951. The number of carbonyl (C=O) groups excluding carboxylic acids is 2. The SMILES string of the molecule is Cc1ccc(Cl)cc1NC(=O)c1cc(C(=O)NCc2ccccc2)ccn1. The zero-order valence-corrected chi connectivity index (χ0v) is 15.5. The highest BCUT2D eigenvalue weighted by Gasteiger charge is 2.13. The first kappa shape index (κ1) is 18.6. The van der Waals surface area contributed by atoms with Crippen molar-refractivity contribution in [3.63, 3.8) is 0 Å². The van der Waals surface area contributed by atoms with Gasteiger partial charge in [-0.1, -0.05) is 48.0 Å². The molecular formula is C21H18ClN3O2. The summed E-state index contributed by atoms with van der Waals surface area (Å²) < 4.78 is 0. The number of nitrogens with zero attached hydrogens (tertiary/aromatic N) is 1. The molecule has 2 N–H and O–H groups in total. The van der Waals surface area contributed by atoms with E-state index in [2.05, 4.69) is 15.6 Å². The second kappa shape index (κ2) is 8.47. The number of aryl methyl sites for hydroxylation is 1. The second-order valence-corrected chi connectivity index (χ2v) is 6.45. The van der Waals surface area contributed by atoms with E-state index in [1.54, 1.807) is 18.2 Å². The minimum absolute atomic E-state index is 0.154. The highest BCUT2D eigenvalue weighted by molar-refractivity contribution is 6.31. The number of pyridine rings is 1. The summed E-state index contributed by atoms with van der Waals surface area (Å²) in [7, 11) is 0. The summed E-state index contributed by atoms with van der Waals surface area (Å²) in [6.45, 7) is 2.28. The lowest BCUT2D eigenvalue weighted by Gasteiger charge is -2.09. The number of benzene rings is 2. The van der Waals surface area contributed by atoms with Gasteiger partial charge in [0.05, 0.1) is 0 Å². The molecule has 0 radical (unpaired) electrons. The van der Waals surface area contributed by atoms with E-state index in [1.165, 1.54) is 12.3 Å². The van der Waals surface area contributed by atoms with Crippen molar-refractivity contribution in [2.45, 2.75) is 13.5 Å². The molecule has 0 aliphatic rings. The Hall–Kier alpha value is -3.18. The standard InChI is InChI=1S/C21H18ClN3O2/c1-14-7-8-17(22)12-18(14)25-21(27)19-11-16(9-10-23-19)20(26)24-13-15-5-3-2-4-6-15/h2-12H,13H2,1H3,(H,24,26)(H,25,27). The predicted molar refractivity (Wildman–Crippen MR) is 106 cm³/mol. The van der Waals surface area contributed by atoms with Gasteiger partial charge in [0, 0.05) is 29.0 Å². The number of rotatable bonds is 5. The summed E-state index contributed by atoms with van der Waals surface area (Å²) in [6.07, 6.45) is 1.44. The molecule has 0 saturated carbocycles. The van der Waals surface area contributed by atoms with Crippen LogP contribution in [0.2, 0.25) is 5.02 Å². The van der Waals surface area contributed by atoms with Crippen LogP contribution in [-0.2, 0) is 6.54 Å². The van der Waals surface area contributed by atoms with Gasteiger partial charge in [-0.2, -0.15) is 0 Å². The van der Waals surface area contributed by atoms with Crippen LogP contribution in [0.25, 0.3) is 0 Å². The molecule has 136 valence electrons. The number of aromatic nitrogens is 1. The molecule has 3 rings (SSSR count). The van der Waals surface area contributed by atoms with Crippen LogP contribution in [-0.4, -0.2) is 16.8 Å². The fourth-order valence-corrected chi connectivity index (χ4v) is 2.66. The van der Waals surface area contributed by atoms with E-state index in [0.717, 1.165) is 11.1 Å². The van der Waals surface area contributed by atoms with Crippen LogP contribution in [0.1, 0.15) is 32.0 Å². The number of amides is 2. The third-order valence-electron chi connectivity index (χ3n) is 4.00. The first-order valence-corrected chi connectivity index (χ1v) is 8.76. The van der Waals surface area contributed by atoms with E-state index in [9.17, 15) is 9.59 Å². The van der Waals surface area contributed by atoms with Crippen molar-refractivity contribution in [2.24, 2.45) is 0 Å². The summed E-state index contributed by atoms with van der Waals surface area (Å²) in [5, 5.41) is 6.13. The molecule has 3 aromatic rings. The van der Waals surface area contributed by atoms with Crippen LogP contribution in [0.5, 0.6) is 0 Å². The number of anilines is 1. The van der Waals surface area contributed by atoms with E-state index in [1.807, 2.05) is 43.3 Å². The normalized spacial score (nSPS) is 10.3. The van der Waals surface area contributed by atoms with Gasteiger partial charge in [0.25, 0.3) is 11.8 Å². The van der Waals surface area contributed by atoms with Gasteiger partial charge >= 0.3 is 0 Å². The monoisotopic (exact) mass is 379 g/mol. The summed E-state index contributed by atoms with van der Waals surface area (Å²) in [5.41, 5.74) is 3.00. The topological polar surface area (TPSA) is 71.1 Å². The van der Waals surface area contributed by atoms with Crippen molar-refractivity contribution in [2.75, 3.05) is 5.32 Å². The van der Waals surface area contributed by atoms with E-state index in [4.69, 9.17) is 11.6 Å². The Morgan fingerprint density at radius 3 is 2.56 bits per heavy atom. The summed E-state index contributed by atoms with van der Waals surface area (Å²) in [4.78, 5) is 28.9. The summed E-state index contributed by atoms with van der Waals surface area (Å²) >= 11 is 5.98. The molecule has 0 spiro atoms. The fourth-order valence-electron chi connectivity index (χ4n) is 2.49. The Morgan fingerprint density at radius 2 is 1.78 bits per heavy atom. The van der Waals surface area contributed by atoms with Crippen LogP contribution >= 0.6 is 11.6 Å². The van der Waals surface area contributed by atoms with Crippen LogP contribution in [0.4, 0.5) is 5.69 Å². The minimum atomic E-state index is -0.405.